The van der Waals surface area contributed by atoms with Gasteiger partial charge >= 0.3 is 6.03 Å². The Hall–Kier alpha value is -1.30. The van der Waals surface area contributed by atoms with Crippen LogP contribution in [0.4, 0.5) is 4.79 Å². The van der Waals surface area contributed by atoms with Crippen LogP contribution in [0.25, 0.3) is 0 Å². The summed E-state index contributed by atoms with van der Waals surface area (Å²) in [4.78, 5) is 26.5. The molecule has 0 saturated carbocycles. The summed E-state index contributed by atoms with van der Waals surface area (Å²) in [6.07, 6.45) is 2.27. The predicted molar refractivity (Wildman–Crippen MR) is 65.7 cm³/mol. The fourth-order valence-electron chi connectivity index (χ4n) is 2.68. The summed E-state index contributed by atoms with van der Waals surface area (Å²) in [5.41, 5.74) is 4.54. The molecule has 6 nitrogen and oxygen atoms in total. The molecular weight excluding hydrogens is 234 g/mol. The summed E-state index contributed by atoms with van der Waals surface area (Å²) >= 11 is 0. The zero-order chi connectivity index (χ0) is 13.3. The minimum Gasteiger partial charge on any atom is -0.386 e. The lowest BCUT2D eigenvalue weighted by molar-refractivity contribution is -0.161. The molecule has 3 N–H and O–H groups in total. The van der Waals surface area contributed by atoms with Gasteiger partial charge in [0.05, 0.1) is 24.6 Å². The zero-order valence-corrected chi connectivity index (χ0v) is 10.8. The number of carbonyl (C=O) groups is 2. The number of piperidine rings is 1. The number of aliphatic hydroxyl groups is 1. The van der Waals surface area contributed by atoms with Gasteiger partial charge in [0.2, 0.25) is 5.91 Å². The quantitative estimate of drug-likeness (QED) is 0.714. The number of carbonyl (C=O) groups excluding carboxylic acids is 2. The number of hydrogen-bond acceptors (Lipinski definition) is 3. The zero-order valence-electron chi connectivity index (χ0n) is 10.8. The average molecular weight is 255 g/mol. The first-order valence-electron chi connectivity index (χ1n) is 6.51. The number of likely N-dealkylation sites (tertiary alicyclic amines) is 2. The average Bonchev–Trinajstić information content (AvgIpc) is 2.34. The maximum atomic E-state index is 12.2. The Morgan fingerprint density at radius 1 is 1.39 bits per heavy atom. The molecule has 0 aromatic heterocycles. The number of amides is 3. The smallest absolute Gasteiger partial charge is 0.314 e. The maximum Gasteiger partial charge on any atom is 0.314 e. The van der Waals surface area contributed by atoms with Crippen molar-refractivity contribution in [3.8, 4) is 0 Å². The molecule has 18 heavy (non-hydrogen) atoms. The standard InChI is InChI=1S/C12H21N3O3/c1-2-12(18)7-15(8-12)10(16)9-4-3-5-14(6-9)11(13)17/h9,18H,2-8H2,1H3,(H2,13,17). The molecule has 0 aromatic carbocycles. The van der Waals surface area contributed by atoms with E-state index in [2.05, 4.69) is 0 Å². The number of rotatable bonds is 2. The molecule has 2 aliphatic heterocycles. The lowest BCUT2D eigenvalue weighted by atomic mass is 9.88. The second-order valence-corrected chi connectivity index (χ2v) is 5.40. The van der Waals surface area contributed by atoms with Gasteiger partial charge < -0.3 is 20.6 Å². The van der Waals surface area contributed by atoms with Crippen molar-refractivity contribution in [3.63, 3.8) is 0 Å². The van der Waals surface area contributed by atoms with Crippen molar-refractivity contribution in [2.24, 2.45) is 11.7 Å². The van der Waals surface area contributed by atoms with Crippen molar-refractivity contribution in [1.82, 2.24) is 9.80 Å². The highest BCUT2D eigenvalue weighted by Gasteiger charge is 2.44. The van der Waals surface area contributed by atoms with Crippen molar-refractivity contribution >= 4 is 11.9 Å². The van der Waals surface area contributed by atoms with Gasteiger partial charge in [-0.25, -0.2) is 4.79 Å². The van der Waals surface area contributed by atoms with E-state index in [1.807, 2.05) is 6.92 Å². The first kappa shape index (κ1) is 13.1. The molecule has 0 aliphatic carbocycles. The van der Waals surface area contributed by atoms with Crippen LogP contribution < -0.4 is 5.73 Å². The van der Waals surface area contributed by atoms with E-state index < -0.39 is 11.6 Å². The summed E-state index contributed by atoms with van der Waals surface area (Å²) in [5, 5.41) is 9.90. The van der Waals surface area contributed by atoms with Crippen LogP contribution in [0, 0.1) is 5.92 Å². The van der Waals surface area contributed by atoms with Crippen LogP contribution in [0.5, 0.6) is 0 Å². The van der Waals surface area contributed by atoms with E-state index in [0.717, 1.165) is 12.8 Å². The van der Waals surface area contributed by atoms with Gasteiger partial charge in [-0.15, -0.1) is 0 Å². The van der Waals surface area contributed by atoms with E-state index in [4.69, 9.17) is 5.73 Å². The Labute approximate surface area is 107 Å². The Morgan fingerprint density at radius 2 is 2.06 bits per heavy atom. The number of nitrogens with two attached hydrogens (primary N) is 1. The first-order chi connectivity index (χ1) is 8.45. The highest BCUT2D eigenvalue weighted by Crippen LogP contribution is 2.28. The van der Waals surface area contributed by atoms with Crippen molar-refractivity contribution in [1.29, 1.82) is 0 Å². The summed E-state index contributed by atoms with van der Waals surface area (Å²) < 4.78 is 0. The molecule has 2 fully saturated rings. The van der Waals surface area contributed by atoms with Crippen LogP contribution in [0.15, 0.2) is 0 Å². The van der Waals surface area contributed by atoms with Crippen LogP contribution in [0.3, 0.4) is 0 Å². The minimum absolute atomic E-state index is 0.0408. The fraction of sp³-hybridized carbons (Fsp3) is 0.833. The van der Waals surface area contributed by atoms with Gasteiger partial charge in [-0.3, -0.25) is 4.79 Å². The van der Waals surface area contributed by atoms with Crippen LogP contribution >= 0.6 is 0 Å². The summed E-state index contributed by atoms with van der Waals surface area (Å²) in [6, 6.07) is -0.457. The molecule has 1 unspecified atom stereocenters. The maximum absolute atomic E-state index is 12.2. The Bertz CT molecular complexity index is 352. The molecular formula is C12H21N3O3. The third-order valence-corrected chi connectivity index (χ3v) is 4.02. The lowest BCUT2D eigenvalue weighted by Crippen LogP contribution is -2.65. The van der Waals surface area contributed by atoms with Gasteiger partial charge in [0.15, 0.2) is 0 Å². The number of β-amino-alcohol motifs (C(OH)–C–C–N with tert-alkyl or cyclic N) is 1. The predicted octanol–water partition coefficient (Wildman–Crippen LogP) is -0.240. The van der Waals surface area contributed by atoms with Crippen molar-refractivity contribution < 1.29 is 14.7 Å². The number of urea groups is 1. The third kappa shape index (κ3) is 2.43. The van der Waals surface area contributed by atoms with Gasteiger partial charge in [-0.2, -0.15) is 0 Å². The molecule has 3 amide bonds. The normalized spacial score (nSPS) is 26.7. The van der Waals surface area contributed by atoms with Gasteiger partial charge in [-0.05, 0) is 19.3 Å². The lowest BCUT2D eigenvalue weighted by Gasteiger charge is -2.48. The SMILES string of the molecule is CCC1(O)CN(C(=O)C2CCCN(C(N)=O)C2)C1. The molecule has 2 aliphatic rings. The van der Waals surface area contributed by atoms with Crippen molar-refractivity contribution in [2.75, 3.05) is 26.2 Å². The molecule has 0 radical (unpaired) electrons. The highest BCUT2D eigenvalue weighted by molar-refractivity contribution is 5.81. The van der Waals surface area contributed by atoms with Gasteiger partial charge in [0.25, 0.3) is 0 Å². The summed E-state index contributed by atoms with van der Waals surface area (Å²) in [7, 11) is 0. The molecule has 0 spiro atoms. The summed E-state index contributed by atoms with van der Waals surface area (Å²) in [6.45, 7) is 3.79. The van der Waals surface area contributed by atoms with Gasteiger partial charge in [-0.1, -0.05) is 6.92 Å². The van der Waals surface area contributed by atoms with Gasteiger partial charge in [0.1, 0.15) is 0 Å². The largest absolute Gasteiger partial charge is 0.386 e. The monoisotopic (exact) mass is 255 g/mol. The van der Waals surface area contributed by atoms with E-state index in [0.29, 0.717) is 32.6 Å². The van der Waals surface area contributed by atoms with Crippen LogP contribution in [-0.2, 0) is 4.79 Å². The molecule has 102 valence electrons. The first-order valence-corrected chi connectivity index (χ1v) is 6.51. The van der Waals surface area contributed by atoms with Crippen molar-refractivity contribution in [2.45, 2.75) is 31.8 Å². The number of nitrogens with zero attached hydrogens (tertiary/aromatic N) is 2. The molecule has 2 heterocycles. The minimum atomic E-state index is -0.701. The second-order valence-electron chi connectivity index (χ2n) is 5.40. The second kappa shape index (κ2) is 4.76. The van der Waals surface area contributed by atoms with E-state index in [-0.39, 0.29) is 11.8 Å². The molecule has 2 saturated heterocycles. The number of hydrogen-bond donors (Lipinski definition) is 2. The molecule has 0 bridgehead atoms. The molecule has 1 atom stereocenters. The molecule has 0 aromatic rings. The molecule has 6 heteroatoms. The van der Waals surface area contributed by atoms with E-state index >= 15 is 0 Å². The fourth-order valence-corrected chi connectivity index (χ4v) is 2.68. The highest BCUT2D eigenvalue weighted by atomic mass is 16.3. The Kier molecular flexibility index (Phi) is 3.47. The van der Waals surface area contributed by atoms with E-state index in [1.165, 1.54) is 4.90 Å². The topological polar surface area (TPSA) is 86.9 Å². The van der Waals surface area contributed by atoms with Crippen LogP contribution in [-0.4, -0.2) is 58.6 Å². The Balaban J connectivity index is 1.88. The Morgan fingerprint density at radius 3 is 2.61 bits per heavy atom. The van der Waals surface area contributed by atoms with E-state index in [9.17, 15) is 14.7 Å². The van der Waals surface area contributed by atoms with Crippen LogP contribution in [0.2, 0.25) is 0 Å². The van der Waals surface area contributed by atoms with Crippen molar-refractivity contribution in [3.05, 3.63) is 0 Å². The molecule has 2 rings (SSSR count). The summed E-state index contributed by atoms with van der Waals surface area (Å²) in [5.74, 6) is -0.119. The van der Waals surface area contributed by atoms with Crippen LogP contribution in [0.1, 0.15) is 26.2 Å². The van der Waals surface area contributed by atoms with Gasteiger partial charge in [0, 0.05) is 13.1 Å². The van der Waals surface area contributed by atoms with E-state index in [1.54, 1.807) is 4.90 Å². The number of primary amides is 1. The third-order valence-electron chi connectivity index (χ3n) is 4.02.